The maximum Gasteiger partial charge on any atom is 0.252 e. The lowest BCUT2D eigenvalue weighted by Crippen LogP contribution is -2.28. The molecule has 0 aliphatic rings. The van der Waals surface area contributed by atoms with Crippen LogP contribution in [0.25, 0.3) is 10.9 Å². The molecule has 0 saturated carbocycles. The zero-order valence-electron chi connectivity index (χ0n) is 20.8. The number of benzene rings is 3. The Kier molecular flexibility index (Phi) is 7.23. The first-order valence-electron chi connectivity index (χ1n) is 12.0. The van der Waals surface area contributed by atoms with Gasteiger partial charge in [-0.25, -0.2) is 4.68 Å². The Morgan fingerprint density at radius 3 is 2.46 bits per heavy atom. The molecule has 3 aromatic carbocycles. The zero-order chi connectivity index (χ0) is 25.6. The van der Waals surface area contributed by atoms with Crippen molar-refractivity contribution in [1.29, 1.82) is 0 Å². The van der Waals surface area contributed by atoms with Gasteiger partial charge in [-0.05, 0) is 45.6 Å². The summed E-state index contributed by atoms with van der Waals surface area (Å²) in [5.74, 6) is 2.19. The van der Waals surface area contributed by atoms with Crippen LogP contribution in [-0.2, 0) is 26.2 Å². The predicted octanol–water partition coefficient (Wildman–Crippen LogP) is 3.78. The lowest BCUT2D eigenvalue weighted by atomic mass is 10.1. The largest absolute Gasteiger partial charge is 0.497 e. The van der Waals surface area contributed by atoms with Crippen LogP contribution in [0.15, 0.2) is 83.7 Å². The fourth-order valence-electron chi connectivity index (χ4n) is 4.37. The van der Waals surface area contributed by atoms with Crippen LogP contribution in [0.4, 0.5) is 0 Å². The quantitative estimate of drug-likeness (QED) is 0.314. The number of aromatic nitrogens is 5. The molecule has 1 N–H and O–H groups in total. The monoisotopic (exact) mass is 496 g/mol. The number of para-hydroxylation sites is 1. The average molecular weight is 497 g/mol. The first-order chi connectivity index (χ1) is 18.1. The first kappa shape index (κ1) is 24.2. The Morgan fingerprint density at radius 1 is 0.865 bits per heavy atom. The van der Waals surface area contributed by atoms with E-state index < -0.39 is 0 Å². The fourth-order valence-corrected chi connectivity index (χ4v) is 4.37. The van der Waals surface area contributed by atoms with Crippen LogP contribution in [0.2, 0.25) is 0 Å². The van der Waals surface area contributed by atoms with E-state index in [0.717, 1.165) is 27.8 Å². The van der Waals surface area contributed by atoms with Crippen molar-refractivity contribution in [3.8, 4) is 11.5 Å². The van der Waals surface area contributed by atoms with E-state index >= 15 is 0 Å². The van der Waals surface area contributed by atoms with Crippen LogP contribution in [0.3, 0.4) is 0 Å². The molecule has 0 radical (unpaired) electrons. The summed E-state index contributed by atoms with van der Waals surface area (Å²) in [5, 5.41) is 13.4. The van der Waals surface area contributed by atoms with Gasteiger partial charge in [0.2, 0.25) is 0 Å². The second-order valence-electron chi connectivity index (χ2n) is 8.77. The Balaban J connectivity index is 1.46. The highest BCUT2D eigenvalue weighted by atomic mass is 16.5. The molecule has 0 aliphatic carbocycles. The van der Waals surface area contributed by atoms with Crippen molar-refractivity contribution in [3.05, 3.63) is 112 Å². The van der Waals surface area contributed by atoms with Gasteiger partial charge >= 0.3 is 0 Å². The Bertz CT molecular complexity index is 1550. The molecule has 2 heterocycles. The van der Waals surface area contributed by atoms with Crippen LogP contribution < -0.4 is 15.0 Å². The molecule has 188 valence electrons. The van der Waals surface area contributed by atoms with Crippen LogP contribution in [0.5, 0.6) is 11.5 Å². The van der Waals surface area contributed by atoms with Crippen LogP contribution in [-0.4, -0.2) is 44.3 Å². The van der Waals surface area contributed by atoms with E-state index in [0.29, 0.717) is 43.3 Å². The van der Waals surface area contributed by atoms with Crippen molar-refractivity contribution in [1.82, 2.24) is 30.1 Å². The standard InChI is InChI=1S/C28H28N6O3/c1-36-24-13-12-21-14-23(28(35)29-25(21)15-24)18-33(17-22-10-6-7-11-26(22)37-2)19-27-30-31-32-34(27)16-20-8-4-3-5-9-20/h3-15H,16-19H2,1-2H3,(H,29,35). The van der Waals surface area contributed by atoms with Crippen LogP contribution >= 0.6 is 0 Å². The molecule has 9 nitrogen and oxygen atoms in total. The molecule has 0 fully saturated rings. The van der Waals surface area contributed by atoms with Crippen molar-refractivity contribution in [2.45, 2.75) is 26.2 Å². The maximum atomic E-state index is 13.1. The first-order valence-corrected chi connectivity index (χ1v) is 12.0. The van der Waals surface area contributed by atoms with Gasteiger partial charge in [0.15, 0.2) is 5.82 Å². The number of ether oxygens (including phenoxy) is 2. The number of fused-ring (bicyclic) bond motifs is 1. The molecule has 5 rings (SSSR count). The van der Waals surface area contributed by atoms with Crippen molar-refractivity contribution < 1.29 is 9.47 Å². The second kappa shape index (κ2) is 11.0. The van der Waals surface area contributed by atoms with E-state index in [1.807, 2.05) is 78.9 Å². The molecule has 0 unspecified atom stereocenters. The van der Waals surface area contributed by atoms with Gasteiger partial charge in [-0.15, -0.1) is 5.10 Å². The number of aromatic amines is 1. The lowest BCUT2D eigenvalue weighted by molar-refractivity contribution is 0.232. The minimum absolute atomic E-state index is 0.144. The highest BCUT2D eigenvalue weighted by molar-refractivity contribution is 5.80. The maximum absolute atomic E-state index is 13.1. The van der Waals surface area contributed by atoms with E-state index in [1.165, 1.54) is 0 Å². The summed E-state index contributed by atoms with van der Waals surface area (Å²) in [7, 11) is 3.26. The summed E-state index contributed by atoms with van der Waals surface area (Å²) in [6, 6.07) is 25.5. The Morgan fingerprint density at radius 2 is 1.65 bits per heavy atom. The van der Waals surface area contributed by atoms with Gasteiger partial charge < -0.3 is 14.5 Å². The average Bonchev–Trinajstić information content (AvgIpc) is 3.35. The number of tetrazole rings is 1. The number of hydrogen-bond acceptors (Lipinski definition) is 7. The SMILES string of the molecule is COc1ccc2cc(CN(Cc3ccccc3OC)Cc3nnnn3Cc3ccccc3)c(=O)[nH]c2c1. The second-order valence-corrected chi connectivity index (χ2v) is 8.77. The number of H-pyrrole nitrogens is 1. The Hall–Kier alpha value is -4.50. The van der Waals surface area contributed by atoms with Gasteiger partial charge in [-0.1, -0.05) is 48.5 Å². The predicted molar refractivity (Wildman–Crippen MR) is 140 cm³/mol. The van der Waals surface area contributed by atoms with E-state index in [2.05, 4.69) is 25.4 Å². The summed E-state index contributed by atoms with van der Waals surface area (Å²) in [6.45, 7) is 1.94. The molecule has 0 atom stereocenters. The van der Waals surface area contributed by atoms with Crippen LogP contribution in [0, 0.1) is 0 Å². The van der Waals surface area contributed by atoms with Crippen molar-refractivity contribution in [2.75, 3.05) is 14.2 Å². The molecule has 0 spiro atoms. The fraction of sp³-hybridized carbons (Fsp3) is 0.214. The lowest BCUT2D eigenvalue weighted by Gasteiger charge is -2.23. The van der Waals surface area contributed by atoms with Gasteiger partial charge in [0.1, 0.15) is 11.5 Å². The molecule has 0 aliphatic heterocycles. The summed E-state index contributed by atoms with van der Waals surface area (Å²) < 4.78 is 12.7. The molecule has 0 saturated heterocycles. The summed E-state index contributed by atoms with van der Waals surface area (Å²) >= 11 is 0. The number of methoxy groups -OCH3 is 2. The molecule has 5 aromatic rings. The molecule has 2 aromatic heterocycles. The summed E-state index contributed by atoms with van der Waals surface area (Å²) in [5.41, 5.74) is 3.35. The van der Waals surface area contributed by atoms with Gasteiger partial charge in [0.25, 0.3) is 5.56 Å². The normalized spacial score (nSPS) is 11.2. The van der Waals surface area contributed by atoms with Gasteiger partial charge in [-0.3, -0.25) is 9.69 Å². The highest BCUT2D eigenvalue weighted by Gasteiger charge is 2.17. The molecular formula is C28H28N6O3. The van der Waals surface area contributed by atoms with E-state index in [4.69, 9.17) is 9.47 Å². The molecule has 9 heteroatoms. The van der Waals surface area contributed by atoms with Gasteiger partial charge in [-0.2, -0.15) is 0 Å². The van der Waals surface area contributed by atoms with E-state index in [1.54, 1.807) is 18.9 Å². The van der Waals surface area contributed by atoms with Crippen molar-refractivity contribution in [3.63, 3.8) is 0 Å². The number of hydrogen-bond donors (Lipinski definition) is 1. The molecule has 37 heavy (non-hydrogen) atoms. The van der Waals surface area contributed by atoms with E-state index in [-0.39, 0.29) is 5.56 Å². The third-order valence-corrected chi connectivity index (χ3v) is 6.26. The minimum Gasteiger partial charge on any atom is -0.497 e. The summed E-state index contributed by atoms with van der Waals surface area (Å²) in [6.07, 6.45) is 0. The topological polar surface area (TPSA) is 98.2 Å². The smallest absolute Gasteiger partial charge is 0.252 e. The summed E-state index contributed by atoms with van der Waals surface area (Å²) in [4.78, 5) is 18.2. The molecular weight excluding hydrogens is 468 g/mol. The van der Waals surface area contributed by atoms with Crippen molar-refractivity contribution in [2.24, 2.45) is 0 Å². The minimum atomic E-state index is -0.144. The van der Waals surface area contributed by atoms with Gasteiger partial charge in [0, 0.05) is 30.3 Å². The number of rotatable bonds is 10. The molecule has 0 amide bonds. The highest BCUT2D eigenvalue weighted by Crippen LogP contribution is 2.23. The number of nitrogens with zero attached hydrogens (tertiary/aromatic N) is 5. The van der Waals surface area contributed by atoms with E-state index in [9.17, 15) is 4.79 Å². The zero-order valence-corrected chi connectivity index (χ0v) is 20.8. The third kappa shape index (κ3) is 5.68. The molecule has 0 bridgehead atoms. The van der Waals surface area contributed by atoms with Crippen molar-refractivity contribution >= 4 is 10.9 Å². The van der Waals surface area contributed by atoms with Gasteiger partial charge in [0.05, 0.1) is 32.8 Å². The van der Waals surface area contributed by atoms with Crippen LogP contribution in [0.1, 0.15) is 22.5 Å². The third-order valence-electron chi connectivity index (χ3n) is 6.26. The Labute approximate surface area is 214 Å². The number of pyridine rings is 1. The number of nitrogens with one attached hydrogen (secondary N) is 1.